The van der Waals surface area contributed by atoms with E-state index in [0.29, 0.717) is 16.9 Å². The average molecular weight is 533 g/mol. The molecule has 0 aliphatic carbocycles. The number of hydrogen-bond donors (Lipinski definition) is 1. The summed E-state index contributed by atoms with van der Waals surface area (Å²) in [6.07, 6.45) is -3.35. The molecule has 0 saturated heterocycles. The monoisotopic (exact) mass is 533 g/mol. The predicted octanol–water partition coefficient (Wildman–Crippen LogP) is 5.01. The van der Waals surface area contributed by atoms with E-state index in [-0.39, 0.29) is 12.2 Å². The number of halogens is 4. The fourth-order valence-electron chi connectivity index (χ4n) is 2.64. The maximum Gasteiger partial charge on any atom is 0.490 e. The Morgan fingerprint density at radius 2 is 1.76 bits per heavy atom. The zero-order valence-corrected chi connectivity index (χ0v) is 19.3. The van der Waals surface area contributed by atoms with Crippen LogP contribution in [0, 0.1) is 17.7 Å². The second-order valence-corrected chi connectivity index (χ2v) is 7.70. The molecule has 0 aliphatic rings. The number of aliphatic carboxylic acids is 1. The van der Waals surface area contributed by atoms with Gasteiger partial charge in [-0.2, -0.15) is 13.2 Å². The topological polar surface area (TPSA) is 115 Å². The van der Waals surface area contributed by atoms with Crippen molar-refractivity contribution in [2.75, 3.05) is 12.4 Å². The SMILES string of the molecule is O=C(O)C(F)(F)F.O=C(OCC#CCSc1nnc(-c2cccc3ncccc23)o1)c1ccc(F)cc1. The zero-order valence-electron chi connectivity index (χ0n) is 18.5. The molecule has 8 nitrogen and oxygen atoms in total. The molecule has 13 heteroatoms. The number of pyridine rings is 1. The Morgan fingerprint density at radius 1 is 1.03 bits per heavy atom. The fourth-order valence-corrected chi connectivity index (χ4v) is 3.17. The summed E-state index contributed by atoms with van der Waals surface area (Å²) in [4.78, 5) is 25.0. The van der Waals surface area contributed by atoms with Crippen molar-refractivity contribution in [3.63, 3.8) is 0 Å². The summed E-state index contributed by atoms with van der Waals surface area (Å²) in [5, 5.41) is 16.6. The number of aromatic nitrogens is 3. The second kappa shape index (κ2) is 12.5. The maximum absolute atomic E-state index is 12.9. The smallest absolute Gasteiger partial charge is 0.475 e. The molecule has 4 aromatic rings. The summed E-state index contributed by atoms with van der Waals surface area (Å²) in [5.41, 5.74) is 1.94. The number of hydrogen-bond acceptors (Lipinski definition) is 8. The molecule has 4 rings (SSSR count). The molecule has 0 atom stereocenters. The van der Waals surface area contributed by atoms with E-state index in [9.17, 15) is 22.4 Å². The molecule has 0 saturated carbocycles. The van der Waals surface area contributed by atoms with Crippen LogP contribution in [0.2, 0.25) is 0 Å². The molecule has 0 amide bonds. The van der Waals surface area contributed by atoms with Gasteiger partial charge in [0, 0.05) is 17.1 Å². The first kappa shape index (κ1) is 27.2. The lowest BCUT2D eigenvalue weighted by Gasteiger charge is -2.00. The molecule has 37 heavy (non-hydrogen) atoms. The maximum atomic E-state index is 12.9. The number of nitrogens with zero attached hydrogens (tertiary/aromatic N) is 3. The van der Waals surface area contributed by atoms with E-state index < -0.39 is 23.9 Å². The molecule has 1 N–H and O–H groups in total. The number of ether oxygens (including phenoxy) is 1. The highest BCUT2D eigenvalue weighted by Gasteiger charge is 2.38. The van der Waals surface area contributed by atoms with Crippen LogP contribution in [0.15, 0.2) is 70.4 Å². The highest BCUT2D eigenvalue weighted by atomic mass is 32.2. The molecule has 0 spiro atoms. The summed E-state index contributed by atoms with van der Waals surface area (Å²) in [5.74, 6) is 2.70. The molecular weight excluding hydrogens is 518 g/mol. The van der Waals surface area contributed by atoms with Gasteiger partial charge >= 0.3 is 18.1 Å². The molecule has 2 aromatic heterocycles. The van der Waals surface area contributed by atoms with Crippen LogP contribution in [-0.2, 0) is 9.53 Å². The van der Waals surface area contributed by atoms with E-state index in [4.69, 9.17) is 19.1 Å². The normalized spacial score (nSPS) is 10.6. The predicted molar refractivity (Wildman–Crippen MR) is 124 cm³/mol. The van der Waals surface area contributed by atoms with E-state index in [0.717, 1.165) is 16.5 Å². The zero-order chi connectivity index (χ0) is 26.8. The van der Waals surface area contributed by atoms with Crippen LogP contribution in [0.1, 0.15) is 10.4 Å². The minimum atomic E-state index is -5.08. The Kier molecular flexibility index (Phi) is 9.17. The van der Waals surface area contributed by atoms with Crippen LogP contribution < -0.4 is 0 Å². The fraction of sp³-hybridized carbons (Fsp3) is 0.125. The summed E-state index contributed by atoms with van der Waals surface area (Å²) < 4.78 is 55.3. The number of carbonyl (C=O) groups is 2. The molecule has 2 heterocycles. The number of thioether (sulfide) groups is 1. The lowest BCUT2D eigenvalue weighted by atomic mass is 10.1. The van der Waals surface area contributed by atoms with Gasteiger partial charge in [-0.05, 0) is 42.5 Å². The number of carboxylic acids is 1. The molecule has 0 fully saturated rings. The second-order valence-electron chi connectivity index (χ2n) is 6.78. The summed E-state index contributed by atoms with van der Waals surface area (Å²) in [6.45, 7) is -0.0607. The number of carboxylic acid groups (broad SMARTS) is 1. The van der Waals surface area contributed by atoms with E-state index in [1.807, 2.05) is 30.3 Å². The Bertz CT molecular complexity index is 1440. The van der Waals surface area contributed by atoms with Crippen molar-refractivity contribution >= 4 is 34.6 Å². The lowest BCUT2D eigenvalue weighted by molar-refractivity contribution is -0.192. The lowest BCUT2D eigenvalue weighted by Crippen LogP contribution is -2.21. The van der Waals surface area contributed by atoms with Gasteiger partial charge in [-0.3, -0.25) is 4.98 Å². The summed E-state index contributed by atoms with van der Waals surface area (Å²) in [6, 6.07) is 14.6. The van der Waals surface area contributed by atoms with Crippen LogP contribution in [-0.4, -0.2) is 50.8 Å². The Morgan fingerprint density at radius 3 is 2.46 bits per heavy atom. The van der Waals surface area contributed by atoms with Crippen LogP contribution in [0.3, 0.4) is 0 Å². The van der Waals surface area contributed by atoms with Gasteiger partial charge in [0.2, 0.25) is 5.89 Å². The van der Waals surface area contributed by atoms with Crippen molar-refractivity contribution in [1.82, 2.24) is 15.2 Å². The number of alkyl halides is 3. The van der Waals surface area contributed by atoms with Gasteiger partial charge in [0.1, 0.15) is 5.82 Å². The van der Waals surface area contributed by atoms with E-state index in [2.05, 4.69) is 27.0 Å². The molecule has 0 unspecified atom stereocenters. The third kappa shape index (κ3) is 8.04. The van der Waals surface area contributed by atoms with Crippen molar-refractivity contribution in [3.8, 4) is 23.3 Å². The van der Waals surface area contributed by atoms with Gasteiger partial charge in [-0.1, -0.05) is 35.7 Å². The Labute approximate surface area is 210 Å². The standard InChI is InChI=1S/C22H14FN3O3S.C2HF3O2/c23-16-10-8-15(9-11-16)21(27)28-13-1-2-14-30-22-26-25-20(29-22)18-5-3-7-19-17(18)6-4-12-24-19;3-2(4,5)1(6)7/h3-12H,13-14H2;(H,6,7). The van der Waals surface area contributed by atoms with Crippen molar-refractivity contribution in [2.24, 2.45) is 0 Å². The van der Waals surface area contributed by atoms with Gasteiger partial charge < -0.3 is 14.3 Å². The van der Waals surface area contributed by atoms with E-state index in [1.165, 1.54) is 36.0 Å². The number of benzene rings is 2. The minimum absolute atomic E-state index is 0.0607. The van der Waals surface area contributed by atoms with Crippen LogP contribution in [0.25, 0.3) is 22.4 Å². The van der Waals surface area contributed by atoms with Crippen molar-refractivity contribution in [1.29, 1.82) is 0 Å². The third-order valence-corrected chi connectivity index (χ3v) is 4.97. The first-order valence-corrected chi connectivity index (χ1v) is 11.1. The third-order valence-electron chi connectivity index (χ3n) is 4.27. The first-order chi connectivity index (χ1) is 17.6. The van der Waals surface area contributed by atoms with Gasteiger partial charge in [-0.15, -0.1) is 10.2 Å². The van der Waals surface area contributed by atoms with Crippen LogP contribution in [0.4, 0.5) is 17.6 Å². The van der Waals surface area contributed by atoms with Gasteiger partial charge in [0.05, 0.1) is 16.8 Å². The number of rotatable bonds is 5. The summed E-state index contributed by atoms with van der Waals surface area (Å²) in [7, 11) is 0. The molecule has 0 aliphatic heterocycles. The van der Waals surface area contributed by atoms with Gasteiger partial charge in [0.15, 0.2) is 6.61 Å². The van der Waals surface area contributed by atoms with Crippen molar-refractivity contribution in [3.05, 3.63) is 72.2 Å². The highest BCUT2D eigenvalue weighted by molar-refractivity contribution is 7.99. The Balaban J connectivity index is 0.000000479. The van der Waals surface area contributed by atoms with Crippen molar-refractivity contribution in [2.45, 2.75) is 11.4 Å². The Hall–Kier alpha value is -4.44. The van der Waals surface area contributed by atoms with Gasteiger partial charge in [0.25, 0.3) is 5.22 Å². The quantitative estimate of drug-likeness (QED) is 0.164. The minimum Gasteiger partial charge on any atom is -0.475 e. The first-order valence-electron chi connectivity index (χ1n) is 10.1. The van der Waals surface area contributed by atoms with Crippen LogP contribution in [0.5, 0.6) is 0 Å². The van der Waals surface area contributed by atoms with E-state index in [1.54, 1.807) is 6.20 Å². The number of esters is 1. The summed E-state index contributed by atoms with van der Waals surface area (Å²) >= 11 is 1.29. The molecule has 0 radical (unpaired) electrons. The highest BCUT2D eigenvalue weighted by Crippen LogP contribution is 2.28. The van der Waals surface area contributed by atoms with E-state index >= 15 is 0 Å². The van der Waals surface area contributed by atoms with Gasteiger partial charge in [-0.25, -0.2) is 14.0 Å². The molecular formula is C24H15F4N3O5S. The number of fused-ring (bicyclic) bond motifs is 1. The average Bonchev–Trinajstić information content (AvgIpc) is 3.34. The largest absolute Gasteiger partial charge is 0.490 e. The van der Waals surface area contributed by atoms with Crippen molar-refractivity contribution < 1.29 is 41.4 Å². The van der Waals surface area contributed by atoms with Crippen LogP contribution >= 0.6 is 11.8 Å². The number of carbonyl (C=O) groups excluding carboxylic acids is 1. The molecule has 190 valence electrons. The molecule has 2 aromatic carbocycles. The molecule has 0 bridgehead atoms.